The number of nitrogens with one attached hydrogen (secondary N) is 1. The van der Waals surface area contributed by atoms with Gasteiger partial charge in [0.05, 0.1) is 10.6 Å². The van der Waals surface area contributed by atoms with E-state index in [9.17, 15) is 13.2 Å². The second-order valence-corrected chi connectivity index (χ2v) is 10.9. The summed E-state index contributed by atoms with van der Waals surface area (Å²) in [5.74, 6) is -0.262. The second kappa shape index (κ2) is 11.3. The maximum atomic E-state index is 13.2. The van der Waals surface area contributed by atoms with Crippen LogP contribution < -0.4 is 5.32 Å². The van der Waals surface area contributed by atoms with Gasteiger partial charge in [0.1, 0.15) is 9.88 Å². The number of hydrogen-bond donors (Lipinski definition) is 1. The Balaban J connectivity index is 1.55. The van der Waals surface area contributed by atoms with Crippen molar-refractivity contribution in [1.29, 1.82) is 0 Å². The summed E-state index contributed by atoms with van der Waals surface area (Å²) >= 11 is 1.33. The Labute approximate surface area is 210 Å². The van der Waals surface area contributed by atoms with Crippen LogP contribution >= 0.6 is 11.3 Å². The summed E-state index contributed by atoms with van der Waals surface area (Å²) in [7, 11) is -3.62. The van der Waals surface area contributed by atoms with E-state index in [0.29, 0.717) is 23.4 Å². The highest BCUT2D eigenvalue weighted by atomic mass is 32.2. The number of benzene rings is 3. The third-order valence-corrected chi connectivity index (χ3v) is 8.14. The van der Waals surface area contributed by atoms with Crippen molar-refractivity contribution in [2.75, 3.05) is 0 Å². The minimum Gasteiger partial charge on any atom is -0.345 e. The van der Waals surface area contributed by atoms with Gasteiger partial charge < -0.3 is 5.32 Å². The van der Waals surface area contributed by atoms with Crippen molar-refractivity contribution >= 4 is 27.1 Å². The molecule has 1 amide bonds. The predicted octanol–water partition coefficient (Wildman–Crippen LogP) is 5.84. The van der Waals surface area contributed by atoms with Gasteiger partial charge in [0.15, 0.2) is 9.84 Å². The quantitative estimate of drug-likeness (QED) is 0.312. The van der Waals surface area contributed by atoms with Gasteiger partial charge in [0.2, 0.25) is 0 Å². The molecule has 1 aromatic heterocycles. The summed E-state index contributed by atoms with van der Waals surface area (Å²) < 4.78 is 25.5. The average Bonchev–Trinajstić information content (AvgIpc) is 3.29. The zero-order chi connectivity index (χ0) is 24.7. The van der Waals surface area contributed by atoms with Gasteiger partial charge in [0, 0.05) is 17.0 Å². The highest BCUT2D eigenvalue weighted by Crippen LogP contribution is 2.28. The van der Waals surface area contributed by atoms with E-state index in [-0.39, 0.29) is 10.8 Å². The highest BCUT2D eigenvalue weighted by Gasteiger charge is 2.19. The molecule has 4 rings (SSSR count). The third-order valence-electron chi connectivity index (χ3n) is 5.49. The van der Waals surface area contributed by atoms with Crippen LogP contribution in [0.4, 0.5) is 0 Å². The molecule has 35 heavy (non-hydrogen) atoms. The Kier molecular flexibility index (Phi) is 7.90. The summed E-state index contributed by atoms with van der Waals surface area (Å²) in [4.78, 5) is 18.5. The molecular weight excluding hydrogens is 476 g/mol. The number of carbonyl (C=O) groups excluding carboxylic acids is 1. The molecule has 0 unspecified atom stereocenters. The summed E-state index contributed by atoms with van der Waals surface area (Å²) in [5.41, 5.74) is 2.72. The van der Waals surface area contributed by atoms with Gasteiger partial charge in [0.25, 0.3) is 5.91 Å². The fourth-order valence-corrected chi connectivity index (χ4v) is 5.68. The molecule has 0 aliphatic heterocycles. The summed E-state index contributed by atoms with van der Waals surface area (Å²) in [6.45, 7) is 1.81. The smallest absolute Gasteiger partial charge is 0.263 e. The maximum absolute atomic E-state index is 13.2. The number of hydrogen-bond acceptors (Lipinski definition) is 5. The van der Waals surface area contributed by atoms with Gasteiger partial charge in [-0.2, -0.15) is 0 Å². The van der Waals surface area contributed by atoms with Crippen LogP contribution in [0.5, 0.6) is 0 Å². The van der Waals surface area contributed by atoms with Crippen LogP contribution in [0.15, 0.2) is 107 Å². The van der Waals surface area contributed by atoms with Crippen LogP contribution in [0, 0.1) is 6.92 Å². The Morgan fingerprint density at radius 2 is 1.54 bits per heavy atom. The molecule has 5 nitrogen and oxygen atoms in total. The van der Waals surface area contributed by atoms with E-state index in [1.807, 2.05) is 67.6 Å². The van der Waals surface area contributed by atoms with Crippen LogP contribution in [0.1, 0.15) is 27.3 Å². The van der Waals surface area contributed by atoms with Crippen LogP contribution in [0.3, 0.4) is 0 Å². The van der Waals surface area contributed by atoms with E-state index in [2.05, 4.69) is 10.3 Å². The molecule has 0 radical (unpaired) electrons. The summed E-state index contributed by atoms with van der Waals surface area (Å²) in [6.07, 6.45) is 2.82. The van der Waals surface area contributed by atoms with E-state index in [4.69, 9.17) is 0 Å². The predicted molar refractivity (Wildman–Crippen MR) is 141 cm³/mol. The fourth-order valence-electron chi connectivity index (χ4n) is 3.62. The van der Waals surface area contributed by atoms with Gasteiger partial charge in [-0.3, -0.25) is 4.79 Å². The second-order valence-electron chi connectivity index (χ2n) is 8.09. The first kappa shape index (κ1) is 24.6. The molecule has 1 N–H and O–H groups in total. The molecule has 3 aromatic carbocycles. The first-order valence-electron chi connectivity index (χ1n) is 11.3. The molecule has 0 fully saturated rings. The van der Waals surface area contributed by atoms with Crippen LogP contribution in [-0.4, -0.2) is 25.4 Å². The normalized spacial score (nSPS) is 12.5. The summed E-state index contributed by atoms with van der Waals surface area (Å²) in [5, 5.41) is 4.98. The number of sulfone groups is 1. The lowest BCUT2D eigenvalue weighted by Crippen LogP contribution is -2.34. The van der Waals surface area contributed by atoms with Crippen molar-refractivity contribution in [3.63, 3.8) is 0 Å². The van der Waals surface area contributed by atoms with Gasteiger partial charge in [-0.25, -0.2) is 13.4 Å². The Bertz CT molecular complexity index is 1400. The number of aromatic nitrogens is 1. The average molecular weight is 503 g/mol. The van der Waals surface area contributed by atoms with E-state index in [1.165, 1.54) is 16.7 Å². The highest BCUT2D eigenvalue weighted by molar-refractivity contribution is 7.94. The molecule has 1 heterocycles. The largest absolute Gasteiger partial charge is 0.345 e. The lowest BCUT2D eigenvalue weighted by atomic mass is 10.1. The zero-order valence-corrected chi connectivity index (χ0v) is 20.9. The van der Waals surface area contributed by atoms with Crippen molar-refractivity contribution in [1.82, 2.24) is 10.3 Å². The SMILES string of the molecule is Cc1nc(-c2ccccc2)sc1C(=O)N[C@H](/C=C/S(=O)(=O)c1ccccc1)CCc1ccccc1. The van der Waals surface area contributed by atoms with Crippen molar-refractivity contribution in [2.45, 2.75) is 30.7 Å². The van der Waals surface area contributed by atoms with Crippen molar-refractivity contribution in [2.24, 2.45) is 0 Å². The van der Waals surface area contributed by atoms with Crippen LogP contribution in [0.25, 0.3) is 10.6 Å². The molecular formula is C28H26N2O3S2. The standard InChI is InChI=1S/C28H26N2O3S2/c1-21-26(34-28(29-21)23-13-7-3-8-14-23)27(31)30-24(18-17-22-11-5-2-6-12-22)19-20-35(32,33)25-15-9-4-10-16-25/h2-16,19-20,24H,17-18H2,1H3,(H,30,31)/b20-19+/t24-/m0/s1. The molecule has 0 aliphatic carbocycles. The zero-order valence-electron chi connectivity index (χ0n) is 19.3. The van der Waals surface area contributed by atoms with Crippen molar-refractivity contribution in [3.8, 4) is 10.6 Å². The first-order chi connectivity index (χ1) is 16.9. The molecule has 4 aromatic rings. The lowest BCUT2D eigenvalue weighted by molar-refractivity contribution is 0.0946. The molecule has 0 saturated carbocycles. The number of aryl methyl sites for hydroxylation is 2. The fraction of sp³-hybridized carbons (Fsp3) is 0.143. The van der Waals surface area contributed by atoms with Crippen LogP contribution in [0.2, 0.25) is 0 Å². The minimum atomic E-state index is -3.62. The van der Waals surface area contributed by atoms with E-state index in [0.717, 1.165) is 16.1 Å². The summed E-state index contributed by atoms with van der Waals surface area (Å²) in [6, 6.07) is 27.4. The molecule has 0 spiro atoms. The molecule has 1 atom stereocenters. The van der Waals surface area contributed by atoms with E-state index >= 15 is 0 Å². The van der Waals surface area contributed by atoms with Crippen molar-refractivity contribution in [3.05, 3.63) is 119 Å². The monoisotopic (exact) mass is 502 g/mol. The Morgan fingerprint density at radius 1 is 0.943 bits per heavy atom. The van der Waals surface area contributed by atoms with Gasteiger partial charge in [-0.05, 0) is 37.5 Å². The number of rotatable bonds is 9. The number of amides is 1. The van der Waals surface area contributed by atoms with Gasteiger partial charge in [-0.1, -0.05) is 84.9 Å². The lowest BCUT2D eigenvalue weighted by Gasteiger charge is -2.15. The molecule has 7 heteroatoms. The van der Waals surface area contributed by atoms with Crippen LogP contribution in [-0.2, 0) is 16.3 Å². The van der Waals surface area contributed by atoms with Crippen molar-refractivity contribution < 1.29 is 13.2 Å². The molecule has 0 saturated heterocycles. The number of thiazole rings is 1. The van der Waals surface area contributed by atoms with E-state index < -0.39 is 15.9 Å². The molecule has 0 bridgehead atoms. The molecule has 0 aliphatic rings. The van der Waals surface area contributed by atoms with Gasteiger partial charge in [-0.15, -0.1) is 11.3 Å². The van der Waals surface area contributed by atoms with Gasteiger partial charge >= 0.3 is 0 Å². The molecule has 178 valence electrons. The first-order valence-corrected chi connectivity index (χ1v) is 13.6. The Hall–Kier alpha value is -3.55. The Morgan fingerprint density at radius 3 is 2.20 bits per heavy atom. The topological polar surface area (TPSA) is 76.1 Å². The third kappa shape index (κ3) is 6.53. The minimum absolute atomic E-state index is 0.218. The number of carbonyl (C=O) groups is 1. The number of nitrogens with zero attached hydrogens (tertiary/aromatic N) is 1. The van der Waals surface area contributed by atoms with E-state index in [1.54, 1.807) is 36.4 Å². The maximum Gasteiger partial charge on any atom is 0.263 e.